The Morgan fingerprint density at radius 3 is 2.84 bits per heavy atom. The second-order valence-corrected chi connectivity index (χ2v) is 4.36. The first-order chi connectivity index (χ1) is 9.28. The summed E-state index contributed by atoms with van der Waals surface area (Å²) in [5, 5.41) is 5.02. The lowest BCUT2D eigenvalue weighted by Gasteiger charge is -2.00. The minimum Gasteiger partial charge on any atom is -0.337 e. The summed E-state index contributed by atoms with van der Waals surface area (Å²) in [4.78, 5) is 8.81. The lowest BCUT2D eigenvalue weighted by molar-refractivity contribution is 0.352. The van der Waals surface area contributed by atoms with Crippen LogP contribution in [0.4, 0.5) is 0 Å². The molecule has 0 unspecified atom stereocenters. The topological polar surface area (TPSA) is 77.8 Å². The Bertz CT molecular complexity index is 707. The average Bonchev–Trinajstić information content (AvgIpc) is 2.95. The van der Waals surface area contributed by atoms with Crippen molar-refractivity contribution < 1.29 is 4.52 Å². The van der Waals surface area contributed by atoms with Crippen molar-refractivity contribution in [2.75, 3.05) is 0 Å². The number of rotatable bonds is 3. The van der Waals surface area contributed by atoms with Gasteiger partial charge < -0.3 is 10.3 Å². The normalized spacial score (nSPS) is 12.7. The van der Waals surface area contributed by atoms with Crippen molar-refractivity contribution in [3.8, 4) is 11.5 Å². The molecule has 0 aliphatic rings. The van der Waals surface area contributed by atoms with E-state index in [1.165, 1.54) is 0 Å². The Labute approximate surface area is 110 Å². The highest BCUT2D eigenvalue weighted by Crippen LogP contribution is 2.20. The molecule has 3 aromatic rings. The van der Waals surface area contributed by atoms with Crippen molar-refractivity contribution in [1.82, 2.24) is 15.1 Å². The quantitative estimate of drug-likeness (QED) is 0.777. The number of nitrogens with zero attached hydrogens (tertiary/aromatic N) is 3. The number of pyridine rings is 1. The molecule has 0 fully saturated rings. The molecular formula is C14H14N4O. The summed E-state index contributed by atoms with van der Waals surface area (Å²) >= 11 is 0. The third kappa shape index (κ3) is 2.20. The van der Waals surface area contributed by atoms with Gasteiger partial charge in [-0.3, -0.25) is 0 Å². The van der Waals surface area contributed by atoms with E-state index in [0.717, 1.165) is 17.3 Å². The molecule has 0 amide bonds. The number of hydrogen-bond acceptors (Lipinski definition) is 5. The van der Waals surface area contributed by atoms with E-state index in [-0.39, 0.29) is 6.04 Å². The summed E-state index contributed by atoms with van der Waals surface area (Å²) in [5.41, 5.74) is 7.46. The van der Waals surface area contributed by atoms with Crippen LogP contribution in [0.25, 0.3) is 22.4 Å². The first kappa shape index (κ1) is 11.8. The van der Waals surface area contributed by atoms with Gasteiger partial charge in [-0.05, 0) is 18.6 Å². The van der Waals surface area contributed by atoms with Gasteiger partial charge in [-0.15, -0.1) is 0 Å². The van der Waals surface area contributed by atoms with Gasteiger partial charge in [-0.1, -0.05) is 36.3 Å². The second kappa shape index (κ2) is 4.78. The van der Waals surface area contributed by atoms with Crippen molar-refractivity contribution in [2.45, 2.75) is 19.4 Å². The molecule has 2 aromatic heterocycles. The van der Waals surface area contributed by atoms with E-state index in [9.17, 15) is 0 Å². The van der Waals surface area contributed by atoms with Gasteiger partial charge in [-0.2, -0.15) is 4.98 Å². The van der Waals surface area contributed by atoms with Gasteiger partial charge in [0.05, 0.1) is 11.6 Å². The van der Waals surface area contributed by atoms with Crippen LogP contribution in [0.5, 0.6) is 0 Å². The van der Waals surface area contributed by atoms with Crippen molar-refractivity contribution in [1.29, 1.82) is 0 Å². The number of nitrogens with two attached hydrogens (primary N) is 1. The van der Waals surface area contributed by atoms with Gasteiger partial charge in [0.15, 0.2) is 0 Å². The van der Waals surface area contributed by atoms with E-state index in [4.69, 9.17) is 10.3 Å². The Morgan fingerprint density at radius 1 is 1.16 bits per heavy atom. The molecule has 5 nitrogen and oxygen atoms in total. The lowest BCUT2D eigenvalue weighted by atomic mass is 10.2. The molecular weight excluding hydrogens is 240 g/mol. The molecule has 1 aromatic carbocycles. The molecule has 2 N–H and O–H groups in total. The highest BCUT2D eigenvalue weighted by atomic mass is 16.5. The number of hydrogen-bond donors (Lipinski definition) is 1. The molecule has 0 spiro atoms. The van der Waals surface area contributed by atoms with Crippen molar-refractivity contribution >= 4 is 10.9 Å². The van der Waals surface area contributed by atoms with Gasteiger partial charge in [0.1, 0.15) is 5.69 Å². The van der Waals surface area contributed by atoms with Crippen LogP contribution in [0.15, 0.2) is 40.9 Å². The fourth-order valence-corrected chi connectivity index (χ4v) is 1.86. The van der Waals surface area contributed by atoms with E-state index < -0.39 is 0 Å². The molecule has 96 valence electrons. The highest BCUT2D eigenvalue weighted by molar-refractivity contribution is 5.80. The summed E-state index contributed by atoms with van der Waals surface area (Å²) in [7, 11) is 0. The molecule has 2 heterocycles. The van der Waals surface area contributed by atoms with Crippen LogP contribution in [-0.2, 0) is 0 Å². The Kier molecular flexibility index (Phi) is 2.97. The van der Waals surface area contributed by atoms with E-state index in [2.05, 4.69) is 15.1 Å². The molecule has 0 bridgehead atoms. The van der Waals surface area contributed by atoms with E-state index >= 15 is 0 Å². The predicted molar refractivity (Wildman–Crippen MR) is 72.3 cm³/mol. The first-order valence-corrected chi connectivity index (χ1v) is 6.23. The van der Waals surface area contributed by atoms with Crippen molar-refractivity contribution in [3.05, 3.63) is 42.3 Å². The smallest absolute Gasteiger partial charge is 0.243 e. The van der Waals surface area contributed by atoms with Crippen LogP contribution in [0.2, 0.25) is 0 Å². The summed E-state index contributed by atoms with van der Waals surface area (Å²) in [5.74, 6) is 0.928. The standard InChI is InChI=1S/C14H14N4O/c1-2-10(15)14-17-13(18-19-14)12-8-7-9-5-3-4-6-11(9)16-12/h3-8,10H,2,15H2,1H3/t10-/m0/s1. The van der Waals surface area contributed by atoms with Gasteiger partial charge in [0.2, 0.25) is 11.7 Å². The first-order valence-electron chi connectivity index (χ1n) is 6.23. The number of aromatic nitrogens is 3. The molecule has 3 rings (SSSR count). The third-order valence-corrected chi connectivity index (χ3v) is 3.03. The molecule has 0 saturated carbocycles. The molecule has 0 radical (unpaired) electrons. The maximum atomic E-state index is 5.86. The zero-order chi connectivity index (χ0) is 13.2. The minimum absolute atomic E-state index is 0.221. The highest BCUT2D eigenvalue weighted by Gasteiger charge is 2.14. The Balaban J connectivity index is 2.01. The van der Waals surface area contributed by atoms with Crippen molar-refractivity contribution in [2.24, 2.45) is 5.73 Å². The number of benzene rings is 1. The fourth-order valence-electron chi connectivity index (χ4n) is 1.86. The summed E-state index contributed by atoms with van der Waals surface area (Å²) in [6.45, 7) is 1.98. The predicted octanol–water partition coefficient (Wildman–Crippen LogP) is 2.69. The minimum atomic E-state index is -0.221. The van der Waals surface area contributed by atoms with Crippen molar-refractivity contribution in [3.63, 3.8) is 0 Å². The Morgan fingerprint density at radius 2 is 2.00 bits per heavy atom. The fraction of sp³-hybridized carbons (Fsp3) is 0.214. The maximum Gasteiger partial charge on any atom is 0.243 e. The SMILES string of the molecule is CC[C@H](N)c1nc(-c2ccc3ccccc3n2)no1. The van der Waals surface area contributed by atoms with Gasteiger partial charge in [0, 0.05) is 5.39 Å². The van der Waals surface area contributed by atoms with Crippen LogP contribution in [0.3, 0.4) is 0 Å². The lowest BCUT2D eigenvalue weighted by Crippen LogP contribution is -2.08. The van der Waals surface area contributed by atoms with Crippen LogP contribution in [0.1, 0.15) is 25.3 Å². The summed E-state index contributed by atoms with van der Waals surface area (Å²) in [6, 6.07) is 11.6. The molecule has 1 atom stereocenters. The molecule has 5 heteroatoms. The van der Waals surface area contributed by atoms with Gasteiger partial charge in [0.25, 0.3) is 0 Å². The Hall–Kier alpha value is -2.27. The van der Waals surface area contributed by atoms with E-state index in [0.29, 0.717) is 17.4 Å². The van der Waals surface area contributed by atoms with E-state index in [1.54, 1.807) is 0 Å². The third-order valence-electron chi connectivity index (χ3n) is 3.03. The largest absolute Gasteiger partial charge is 0.337 e. The molecule has 19 heavy (non-hydrogen) atoms. The maximum absolute atomic E-state index is 5.86. The van der Waals surface area contributed by atoms with Gasteiger partial charge in [-0.25, -0.2) is 4.98 Å². The number of para-hydroxylation sites is 1. The molecule has 0 aliphatic carbocycles. The summed E-state index contributed by atoms with van der Waals surface area (Å²) in [6.07, 6.45) is 0.757. The molecule has 0 saturated heterocycles. The molecule has 0 aliphatic heterocycles. The van der Waals surface area contributed by atoms with Crippen LogP contribution >= 0.6 is 0 Å². The van der Waals surface area contributed by atoms with Crippen LogP contribution < -0.4 is 5.73 Å². The average molecular weight is 254 g/mol. The number of fused-ring (bicyclic) bond motifs is 1. The van der Waals surface area contributed by atoms with Crippen LogP contribution in [-0.4, -0.2) is 15.1 Å². The zero-order valence-corrected chi connectivity index (χ0v) is 10.6. The van der Waals surface area contributed by atoms with E-state index in [1.807, 2.05) is 43.3 Å². The monoisotopic (exact) mass is 254 g/mol. The zero-order valence-electron chi connectivity index (χ0n) is 10.6. The van der Waals surface area contributed by atoms with Crippen LogP contribution in [0, 0.1) is 0 Å². The second-order valence-electron chi connectivity index (χ2n) is 4.36. The summed E-state index contributed by atoms with van der Waals surface area (Å²) < 4.78 is 5.16. The van der Waals surface area contributed by atoms with Gasteiger partial charge >= 0.3 is 0 Å².